The van der Waals surface area contributed by atoms with Crippen molar-refractivity contribution in [2.24, 2.45) is 0 Å². The number of nitrogens with zero attached hydrogens (tertiary/aromatic N) is 3. The lowest BCUT2D eigenvalue weighted by atomic mass is 10.2. The highest BCUT2D eigenvalue weighted by Gasteiger charge is 2.08. The maximum absolute atomic E-state index is 12.5. The first-order chi connectivity index (χ1) is 14.1. The van der Waals surface area contributed by atoms with Gasteiger partial charge in [0.15, 0.2) is 0 Å². The van der Waals surface area contributed by atoms with Gasteiger partial charge in [-0.3, -0.25) is 4.79 Å². The van der Waals surface area contributed by atoms with Crippen LogP contribution in [0.1, 0.15) is 21.7 Å². The predicted molar refractivity (Wildman–Crippen MR) is 112 cm³/mol. The molecule has 0 aliphatic carbocycles. The second-order valence-electron chi connectivity index (χ2n) is 6.65. The van der Waals surface area contributed by atoms with Crippen LogP contribution in [0.4, 0.5) is 5.69 Å². The number of aryl methyl sites for hydroxylation is 2. The first-order valence-corrected chi connectivity index (χ1v) is 9.22. The van der Waals surface area contributed by atoms with Gasteiger partial charge in [-0.25, -0.2) is 9.97 Å². The molecule has 0 atom stereocenters. The van der Waals surface area contributed by atoms with E-state index in [9.17, 15) is 4.79 Å². The summed E-state index contributed by atoms with van der Waals surface area (Å²) in [6.07, 6.45) is 3.92. The lowest BCUT2D eigenvalue weighted by Crippen LogP contribution is -2.11. The Morgan fingerprint density at radius 2 is 1.52 bits per heavy atom. The molecule has 2 aromatic carbocycles. The minimum Gasteiger partial charge on any atom is -0.424 e. The van der Waals surface area contributed by atoms with Crippen LogP contribution in [0.3, 0.4) is 0 Å². The Hall–Kier alpha value is -3.93. The molecular weight excluding hydrogens is 364 g/mol. The summed E-state index contributed by atoms with van der Waals surface area (Å²) in [4.78, 5) is 21.0. The molecule has 6 nitrogen and oxygen atoms in total. The third kappa shape index (κ3) is 4.50. The lowest BCUT2D eigenvalue weighted by Gasteiger charge is -2.09. The van der Waals surface area contributed by atoms with Crippen LogP contribution in [0.25, 0.3) is 5.69 Å². The maximum Gasteiger partial charge on any atom is 0.322 e. The van der Waals surface area contributed by atoms with Crippen LogP contribution in [-0.4, -0.2) is 20.4 Å². The van der Waals surface area contributed by atoms with Crippen LogP contribution < -0.4 is 10.1 Å². The van der Waals surface area contributed by atoms with Crippen LogP contribution in [0.2, 0.25) is 0 Å². The summed E-state index contributed by atoms with van der Waals surface area (Å²) in [6, 6.07) is 20.6. The minimum absolute atomic E-state index is 0.171. The number of ether oxygens (including phenoxy) is 1. The number of carbonyl (C=O) groups excluding carboxylic acids is 1. The molecule has 29 heavy (non-hydrogen) atoms. The van der Waals surface area contributed by atoms with Gasteiger partial charge in [-0.2, -0.15) is 0 Å². The average molecular weight is 384 g/mol. The van der Waals surface area contributed by atoms with Crippen molar-refractivity contribution < 1.29 is 9.53 Å². The highest BCUT2D eigenvalue weighted by atomic mass is 16.5. The molecule has 0 saturated carbocycles. The van der Waals surface area contributed by atoms with Gasteiger partial charge in [-0.15, -0.1) is 0 Å². The van der Waals surface area contributed by atoms with E-state index in [1.165, 1.54) is 0 Å². The van der Waals surface area contributed by atoms with Crippen LogP contribution >= 0.6 is 0 Å². The number of hydrogen-bond acceptors (Lipinski definition) is 4. The van der Waals surface area contributed by atoms with Gasteiger partial charge in [-0.1, -0.05) is 0 Å². The highest BCUT2D eigenvalue weighted by Crippen LogP contribution is 2.21. The van der Waals surface area contributed by atoms with Crippen LogP contribution in [0.5, 0.6) is 11.8 Å². The Balaban J connectivity index is 1.41. The van der Waals surface area contributed by atoms with E-state index in [1.807, 2.05) is 61.1 Å². The van der Waals surface area contributed by atoms with E-state index in [0.29, 0.717) is 23.0 Å². The van der Waals surface area contributed by atoms with Gasteiger partial charge >= 0.3 is 6.01 Å². The number of benzene rings is 2. The van der Waals surface area contributed by atoms with E-state index in [-0.39, 0.29) is 5.91 Å². The van der Waals surface area contributed by atoms with E-state index in [4.69, 9.17) is 4.74 Å². The van der Waals surface area contributed by atoms with Gasteiger partial charge in [0, 0.05) is 40.7 Å². The zero-order valence-corrected chi connectivity index (χ0v) is 16.2. The molecule has 4 aromatic rings. The highest BCUT2D eigenvalue weighted by molar-refractivity contribution is 6.04. The molecule has 0 aliphatic rings. The molecule has 144 valence electrons. The molecule has 0 aliphatic heterocycles. The molecule has 2 heterocycles. The number of carbonyl (C=O) groups is 1. The van der Waals surface area contributed by atoms with E-state index < -0.39 is 0 Å². The third-order valence-electron chi connectivity index (χ3n) is 4.32. The predicted octanol–water partition coefficient (Wildman–Crippen LogP) is 4.93. The molecule has 1 N–H and O–H groups in total. The molecule has 4 rings (SSSR count). The Morgan fingerprint density at radius 3 is 2.14 bits per heavy atom. The fraction of sp³-hybridized carbons (Fsp3) is 0.0870. The molecular formula is C23H20N4O2. The van der Waals surface area contributed by atoms with Crippen LogP contribution in [0, 0.1) is 13.8 Å². The summed E-state index contributed by atoms with van der Waals surface area (Å²) in [5.74, 6) is 0.430. The molecule has 2 aromatic heterocycles. The molecule has 6 heteroatoms. The molecule has 0 unspecified atom stereocenters. The Bertz CT molecular complexity index is 1100. The van der Waals surface area contributed by atoms with Crippen molar-refractivity contribution in [2.75, 3.05) is 5.32 Å². The van der Waals surface area contributed by atoms with Gasteiger partial charge in [0.25, 0.3) is 5.91 Å². The summed E-state index contributed by atoms with van der Waals surface area (Å²) in [5, 5.41) is 2.89. The maximum atomic E-state index is 12.5. The first kappa shape index (κ1) is 18.4. The van der Waals surface area contributed by atoms with E-state index in [2.05, 4.69) is 15.3 Å². The van der Waals surface area contributed by atoms with Gasteiger partial charge in [0.1, 0.15) is 5.75 Å². The van der Waals surface area contributed by atoms with Gasteiger partial charge < -0.3 is 14.6 Å². The van der Waals surface area contributed by atoms with Crippen molar-refractivity contribution >= 4 is 11.6 Å². The molecule has 0 saturated heterocycles. The Labute approximate surface area is 168 Å². The number of nitrogens with one attached hydrogen (secondary N) is 1. The Morgan fingerprint density at radius 1 is 0.897 bits per heavy atom. The largest absolute Gasteiger partial charge is 0.424 e. The summed E-state index contributed by atoms with van der Waals surface area (Å²) < 4.78 is 7.68. The van der Waals surface area contributed by atoms with Crippen molar-refractivity contribution in [3.63, 3.8) is 0 Å². The SMILES string of the molecule is Cc1cc(C)nc(Oc2ccc(NC(=O)c3ccc(-n4cccc4)cc3)cc2)n1. The summed E-state index contributed by atoms with van der Waals surface area (Å²) in [5.41, 5.74) is 3.96. The molecule has 0 bridgehead atoms. The Kier molecular flexibility index (Phi) is 5.07. The van der Waals surface area contributed by atoms with Crippen LogP contribution in [-0.2, 0) is 0 Å². The number of hydrogen-bond donors (Lipinski definition) is 1. The van der Waals surface area contributed by atoms with Gasteiger partial charge in [0.2, 0.25) is 0 Å². The smallest absolute Gasteiger partial charge is 0.322 e. The van der Waals surface area contributed by atoms with Crippen molar-refractivity contribution in [3.8, 4) is 17.4 Å². The third-order valence-corrected chi connectivity index (χ3v) is 4.32. The number of rotatable bonds is 5. The quantitative estimate of drug-likeness (QED) is 0.530. The zero-order chi connectivity index (χ0) is 20.2. The van der Waals surface area contributed by atoms with E-state index >= 15 is 0 Å². The summed E-state index contributed by atoms with van der Waals surface area (Å²) in [7, 11) is 0. The van der Waals surface area contributed by atoms with Crippen molar-refractivity contribution in [2.45, 2.75) is 13.8 Å². The second kappa shape index (κ2) is 7.98. The fourth-order valence-corrected chi connectivity index (χ4v) is 2.95. The topological polar surface area (TPSA) is 69.0 Å². The van der Waals surface area contributed by atoms with E-state index in [0.717, 1.165) is 17.1 Å². The van der Waals surface area contributed by atoms with Crippen molar-refractivity contribution in [1.29, 1.82) is 0 Å². The van der Waals surface area contributed by atoms with Crippen molar-refractivity contribution in [1.82, 2.24) is 14.5 Å². The fourth-order valence-electron chi connectivity index (χ4n) is 2.95. The second-order valence-corrected chi connectivity index (χ2v) is 6.65. The summed E-state index contributed by atoms with van der Waals surface area (Å²) >= 11 is 0. The van der Waals surface area contributed by atoms with Crippen molar-refractivity contribution in [3.05, 3.63) is 96.1 Å². The normalized spacial score (nSPS) is 10.6. The number of aromatic nitrogens is 3. The molecule has 0 radical (unpaired) electrons. The monoisotopic (exact) mass is 384 g/mol. The summed E-state index contributed by atoms with van der Waals surface area (Å²) in [6.45, 7) is 3.79. The first-order valence-electron chi connectivity index (χ1n) is 9.22. The number of anilines is 1. The van der Waals surface area contributed by atoms with E-state index in [1.54, 1.807) is 36.4 Å². The standard InChI is InChI=1S/C23H20N4O2/c1-16-15-17(2)25-23(24-16)29-21-11-7-19(8-12-21)26-22(28)18-5-9-20(10-6-18)27-13-3-4-14-27/h3-15H,1-2H3,(H,26,28). The molecule has 1 amide bonds. The molecule has 0 fully saturated rings. The minimum atomic E-state index is -0.171. The van der Waals surface area contributed by atoms with Gasteiger partial charge in [0.05, 0.1) is 0 Å². The van der Waals surface area contributed by atoms with Crippen LogP contribution in [0.15, 0.2) is 79.1 Å². The lowest BCUT2D eigenvalue weighted by molar-refractivity contribution is 0.102. The van der Waals surface area contributed by atoms with Gasteiger partial charge in [-0.05, 0) is 80.6 Å². The molecule has 0 spiro atoms. The number of amides is 1. The average Bonchev–Trinajstić information content (AvgIpc) is 3.24. The zero-order valence-electron chi connectivity index (χ0n) is 16.2.